The van der Waals surface area contributed by atoms with Crippen LogP contribution in [0.2, 0.25) is 0 Å². The zero-order valence-electron chi connectivity index (χ0n) is 8.13. The minimum absolute atomic E-state index is 0.0875. The third kappa shape index (κ3) is 2.71. The highest BCUT2D eigenvalue weighted by Crippen LogP contribution is 2.39. The molecule has 2 unspecified atom stereocenters. The van der Waals surface area contributed by atoms with Gasteiger partial charge in [0.05, 0.1) is 6.61 Å². The highest BCUT2D eigenvalue weighted by atomic mass is 19.3. The third-order valence-electron chi connectivity index (χ3n) is 1.94. The lowest BCUT2D eigenvalue weighted by molar-refractivity contribution is -0.394. The van der Waals surface area contributed by atoms with Gasteiger partial charge < -0.3 is 9.47 Å². The summed E-state index contributed by atoms with van der Waals surface area (Å²) < 4.78 is 45.5. The van der Waals surface area contributed by atoms with Gasteiger partial charge in [-0.15, -0.1) is 0 Å². The Labute approximate surface area is 84.8 Å². The Morgan fingerprint density at radius 3 is 2.60 bits per heavy atom. The van der Waals surface area contributed by atoms with E-state index in [0.29, 0.717) is 0 Å². The van der Waals surface area contributed by atoms with Crippen LogP contribution < -0.4 is 0 Å². The molecule has 0 saturated carbocycles. The quantitative estimate of drug-likeness (QED) is 0.539. The minimum atomic E-state index is -3.69. The van der Waals surface area contributed by atoms with Crippen LogP contribution in [0.25, 0.3) is 0 Å². The number of hydrogen-bond donors (Lipinski definition) is 0. The van der Waals surface area contributed by atoms with Crippen molar-refractivity contribution in [1.82, 2.24) is 0 Å². The largest absolute Gasteiger partial charge is 0.462 e. The van der Waals surface area contributed by atoms with Crippen LogP contribution in [0.3, 0.4) is 0 Å². The molecule has 1 saturated heterocycles. The molecule has 1 rings (SSSR count). The van der Waals surface area contributed by atoms with Crippen LogP contribution in [0.1, 0.15) is 13.3 Å². The molecule has 0 aromatic heterocycles. The summed E-state index contributed by atoms with van der Waals surface area (Å²) in [5.74, 6) is -0.628. The van der Waals surface area contributed by atoms with E-state index in [2.05, 4.69) is 16.1 Å². The second kappa shape index (κ2) is 4.22. The fourth-order valence-electron chi connectivity index (χ4n) is 1.07. The van der Waals surface area contributed by atoms with Gasteiger partial charge in [-0.2, -0.15) is 8.78 Å². The lowest BCUT2D eigenvalue weighted by Gasteiger charge is -2.38. The molecule has 1 aliphatic rings. The molecule has 1 heterocycles. The Kier molecular flexibility index (Phi) is 3.38. The average Bonchev–Trinajstić information content (AvgIpc) is 2.15. The van der Waals surface area contributed by atoms with Crippen LogP contribution in [-0.4, -0.2) is 31.0 Å². The number of hydrogen-bond acceptors (Lipinski definition) is 3. The van der Waals surface area contributed by atoms with E-state index in [1.807, 2.05) is 0 Å². The van der Waals surface area contributed by atoms with E-state index >= 15 is 0 Å². The molecule has 0 aliphatic carbocycles. The Bertz CT molecular complexity index is 278. The number of alkyl halides is 3. The minimum Gasteiger partial charge on any atom is -0.462 e. The molecular weight excluding hydrogens is 213 g/mol. The van der Waals surface area contributed by atoms with Crippen molar-refractivity contribution in [3.8, 4) is 0 Å². The molecule has 0 spiro atoms. The van der Waals surface area contributed by atoms with Crippen LogP contribution in [0.15, 0.2) is 12.2 Å². The summed E-state index contributed by atoms with van der Waals surface area (Å²) in [6, 6.07) is 0. The number of ether oxygens (including phenoxy) is 2. The second-order valence-corrected chi connectivity index (χ2v) is 3.32. The highest BCUT2D eigenvalue weighted by molar-refractivity contribution is 5.86. The number of halogens is 3. The number of esters is 1. The summed E-state index contributed by atoms with van der Waals surface area (Å²) in [6.07, 6.45) is -7.29. The number of carbonyl (C=O) groups is 1. The van der Waals surface area contributed by atoms with Crippen molar-refractivity contribution >= 4 is 5.97 Å². The summed E-state index contributed by atoms with van der Waals surface area (Å²) in [5, 5.41) is 0. The van der Waals surface area contributed by atoms with Gasteiger partial charge in [-0.3, -0.25) is 0 Å². The average molecular weight is 224 g/mol. The van der Waals surface area contributed by atoms with Gasteiger partial charge in [0.1, 0.15) is 6.10 Å². The fraction of sp³-hybridized carbons (Fsp3) is 0.667. The van der Waals surface area contributed by atoms with Gasteiger partial charge in [0.2, 0.25) is 6.17 Å². The van der Waals surface area contributed by atoms with E-state index < -0.39 is 24.4 Å². The first-order valence-electron chi connectivity index (χ1n) is 4.37. The van der Waals surface area contributed by atoms with Crippen molar-refractivity contribution in [3.63, 3.8) is 0 Å². The molecule has 3 nitrogen and oxygen atoms in total. The molecule has 1 fully saturated rings. The fourth-order valence-corrected chi connectivity index (χ4v) is 1.07. The second-order valence-electron chi connectivity index (χ2n) is 3.32. The number of carbonyl (C=O) groups excluding carboxylic acids is 1. The number of rotatable bonds is 4. The van der Waals surface area contributed by atoms with Gasteiger partial charge >= 0.3 is 12.1 Å². The van der Waals surface area contributed by atoms with E-state index in [4.69, 9.17) is 0 Å². The monoisotopic (exact) mass is 224 g/mol. The first-order chi connectivity index (χ1) is 6.84. The smallest absolute Gasteiger partial charge is 0.389 e. The molecule has 0 bridgehead atoms. The highest BCUT2D eigenvalue weighted by Gasteiger charge is 2.58. The molecule has 0 radical (unpaired) electrons. The maximum Gasteiger partial charge on any atom is 0.389 e. The summed E-state index contributed by atoms with van der Waals surface area (Å²) in [7, 11) is 0. The van der Waals surface area contributed by atoms with Gasteiger partial charge in [-0.25, -0.2) is 9.18 Å². The zero-order chi connectivity index (χ0) is 11.6. The standard InChI is InChI=1S/C9H11F3O3/c1-5(2)8(13)14-4-3-6-7(10)9(11,12)15-6/h6-7H,1,3-4H2,2H3. The normalized spacial score (nSPS) is 28.0. The van der Waals surface area contributed by atoms with Crippen LogP contribution in [-0.2, 0) is 14.3 Å². The topological polar surface area (TPSA) is 35.5 Å². The Morgan fingerprint density at radius 2 is 2.20 bits per heavy atom. The SMILES string of the molecule is C=C(C)C(=O)OCCC1OC(F)(F)C1F. The first-order valence-corrected chi connectivity index (χ1v) is 4.37. The van der Waals surface area contributed by atoms with E-state index in [9.17, 15) is 18.0 Å². The van der Waals surface area contributed by atoms with Crippen LogP contribution in [0.4, 0.5) is 13.2 Å². The maximum atomic E-state index is 12.6. The molecule has 0 amide bonds. The predicted octanol–water partition coefficient (Wildman–Crippen LogP) is 1.83. The molecule has 0 N–H and O–H groups in total. The predicted molar refractivity (Wildman–Crippen MR) is 45.1 cm³/mol. The van der Waals surface area contributed by atoms with Crippen LogP contribution in [0.5, 0.6) is 0 Å². The van der Waals surface area contributed by atoms with Crippen LogP contribution >= 0.6 is 0 Å². The van der Waals surface area contributed by atoms with Gasteiger partial charge in [0.25, 0.3) is 0 Å². The van der Waals surface area contributed by atoms with E-state index in [1.165, 1.54) is 6.92 Å². The summed E-state index contributed by atoms with van der Waals surface area (Å²) in [4.78, 5) is 10.8. The van der Waals surface area contributed by atoms with Crippen molar-refractivity contribution in [3.05, 3.63) is 12.2 Å². The molecule has 6 heteroatoms. The Morgan fingerprint density at radius 1 is 1.60 bits per heavy atom. The molecule has 0 aromatic carbocycles. The zero-order valence-corrected chi connectivity index (χ0v) is 8.13. The molecule has 2 atom stereocenters. The van der Waals surface area contributed by atoms with Crippen molar-refractivity contribution in [2.24, 2.45) is 0 Å². The third-order valence-corrected chi connectivity index (χ3v) is 1.94. The molecular formula is C9H11F3O3. The van der Waals surface area contributed by atoms with Crippen LogP contribution in [0, 0.1) is 0 Å². The van der Waals surface area contributed by atoms with Crippen molar-refractivity contribution in [2.45, 2.75) is 31.7 Å². The van der Waals surface area contributed by atoms with E-state index in [-0.39, 0.29) is 18.6 Å². The Balaban J connectivity index is 2.18. The molecule has 1 aliphatic heterocycles. The summed E-state index contributed by atoms with van der Waals surface area (Å²) in [6.45, 7) is 4.62. The summed E-state index contributed by atoms with van der Waals surface area (Å²) >= 11 is 0. The van der Waals surface area contributed by atoms with Crippen molar-refractivity contribution < 1.29 is 27.4 Å². The van der Waals surface area contributed by atoms with Gasteiger partial charge in [0, 0.05) is 12.0 Å². The molecule has 15 heavy (non-hydrogen) atoms. The molecule has 86 valence electrons. The first kappa shape index (κ1) is 12.0. The van der Waals surface area contributed by atoms with Crippen molar-refractivity contribution in [2.75, 3.05) is 6.61 Å². The van der Waals surface area contributed by atoms with Gasteiger partial charge in [-0.05, 0) is 6.92 Å². The van der Waals surface area contributed by atoms with Gasteiger partial charge in [-0.1, -0.05) is 6.58 Å². The van der Waals surface area contributed by atoms with Gasteiger partial charge in [0.15, 0.2) is 0 Å². The Hall–Kier alpha value is -1.04. The lowest BCUT2D eigenvalue weighted by Crippen LogP contribution is -2.56. The van der Waals surface area contributed by atoms with E-state index in [0.717, 1.165) is 0 Å². The van der Waals surface area contributed by atoms with E-state index in [1.54, 1.807) is 0 Å². The summed E-state index contributed by atoms with van der Waals surface area (Å²) in [5.41, 5.74) is 0.201. The van der Waals surface area contributed by atoms with Crippen molar-refractivity contribution in [1.29, 1.82) is 0 Å². The lowest BCUT2D eigenvalue weighted by atomic mass is 10.1. The molecule has 0 aromatic rings. The maximum absolute atomic E-state index is 12.6.